The number of thiophene rings is 2. The van der Waals surface area contributed by atoms with E-state index in [9.17, 15) is 0 Å². The molecule has 0 aliphatic heterocycles. The molecular weight excluding hydrogens is 703 g/mol. The minimum Gasteiger partial charge on any atom is -0.311 e. The molecule has 0 amide bonds. The standard InChI is InChI=1S/C52H33NS2/c1-2-11-34(12-3-1)35-21-27-39(28-22-35)53(40-29-23-36(24-30-40)43-17-10-18-46-44-15-6-8-19-48(44)54-51(43)46)41-31-25-37(26-32-41)50-42-14-5-4-13-38(42)33-47-45-16-7-9-20-49(45)55-52(47)50/h1-33H. The van der Waals surface area contributed by atoms with Gasteiger partial charge in [-0.3, -0.25) is 0 Å². The number of hydrogen-bond acceptors (Lipinski definition) is 3. The van der Waals surface area contributed by atoms with Crippen molar-refractivity contribution in [3.8, 4) is 33.4 Å². The van der Waals surface area contributed by atoms with Crippen LogP contribution in [0.5, 0.6) is 0 Å². The third-order valence-electron chi connectivity index (χ3n) is 10.9. The van der Waals surface area contributed by atoms with Crippen LogP contribution in [0.2, 0.25) is 0 Å². The molecule has 0 unspecified atom stereocenters. The van der Waals surface area contributed by atoms with Gasteiger partial charge in [-0.15, -0.1) is 22.7 Å². The Morgan fingerprint density at radius 2 is 0.800 bits per heavy atom. The number of nitrogens with zero attached hydrogens (tertiary/aromatic N) is 1. The monoisotopic (exact) mass is 735 g/mol. The van der Waals surface area contributed by atoms with Crippen molar-refractivity contribution in [1.29, 1.82) is 0 Å². The van der Waals surface area contributed by atoms with Crippen molar-refractivity contribution >= 4 is 90.9 Å². The molecule has 11 rings (SSSR count). The second-order valence-electron chi connectivity index (χ2n) is 14.1. The van der Waals surface area contributed by atoms with E-state index in [-0.39, 0.29) is 0 Å². The number of anilines is 3. The van der Waals surface area contributed by atoms with Gasteiger partial charge in [-0.2, -0.15) is 0 Å². The molecule has 2 aromatic heterocycles. The minimum absolute atomic E-state index is 1.11. The number of hydrogen-bond donors (Lipinski definition) is 0. The quantitative estimate of drug-likeness (QED) is 0.164. The molecule has 9 aromatic carbocycles. The first kappa shape index (κ1) is 32.0. The summed E-state index contributed by atoms with van der Waals surface area (Å²) in [5.74, 6) is 0. The van der Waals surface area contributed by atoms with Gasteiger partial charge in [-0.1, -0.05) is 146 Å². The molecule has 3 heteroatoms. The Balaban J connectivity index is 1.03. The second kappa shape index (κ2) is 13.1. The molecule has 1 nitrogen and oxygen atoms in total. The van der Waals surface area contributed by atoms with E-state index in [1.807, 2.05) is 22.7 Å². The molecule has 11 aromatic rings. The molecule has 2 heterocycles. The third kappa shape index (κ3) is 5.43. The summed E-state index contributed by atoms with van der Waals surface area (Å²) in [6.45, 7) is 0. The molecule has 0 aliphatic rings. The van der Waals surface area contributed by atoms with Gasteiger partial charge in [0.15, 0.2) is 0 Å². The zero-order chi connectivity index (χ0) is 36.3. The molecule has 0 radical (unpaired) electrons. The molecule has 258 valence electrons. The van der Waals surface area contributed by atoms with Crippen molar-refractivity contribution in [2.24, 2.45) is 0 Å². The van der Waals surface area contributed by atoms with Crippen LogP contribution in [0.4, 0.5) is 17.1 Å². The number of benzene rings is 9. The number of rotatable bonds is 6. The maximum absolute atomic E-state index is 2.38. The predicted molar refractivity (Wildman–Crippen MR) is 241 cm³/mol. The summed E-state index contributed by atoms with van der Waals surface area (Å²) >= 11 is 3.77. The van der Waals surface area contributed by atoms with E-state index in [2.05, 4.69) is 205 Å². The fourth-order valence-corrected chi connectivity index (χ4v) is 10.7. The lowest BCUT2D eigenvalue weighted by Gasteiger charge is -2.26. The molecule has 0 atom stereocenters. The van der Waals surface area contributed by atoms with Crippen LogP contribution in [-0.2, 0) is 0 Å². The number of fused-ring (bicyclic) bond motifs is 7. The van der Waals surface area contributed by atoms with Crippen molar-refractivity contribution in [3.05, 3.63) is 200 Å². The van der Waals surface area contributed by atoms with E-state index in [1.165, 1.54) is 84.5 Å². The maximum Gasteiger partial charge on any atom is 0.0462 e. The summed E-state index contributed by atoms with van der Waals surface area (Å²) in [6.07, 6.45) is 0. The largest absolute Gasteiger partial charge is 0.311 e. The Bertz CT molecular complexity index is 3170. The van der Waals surface area contributed by atoms with Gasteiger partial charge in [-0.05, 0) is 93.2 Å². The maximum atomic E-state index is 2.38. The minimum atomic E-state index is 1.11. The van der Waals surface area contributed by atoms with Crippen molar-refractivity contribution in [2.45, 2.75) is 0 Å². The Hall–Kier alpha value is -6.52. The summed E-state index contributed by atoms with van der Waals surface area (Å²) in [4.78, 5) is 2.38. The molecule has 0 saturated carbocycles. The van der Waals surface area contributed by atoms with Gasteiger partial charge in [0.25, 0.3) is 0 Å². The lowest BCUT2D eigenvalue weighted by atomic mass is 9.95. The van der Waals surface area contributed by atoms with E-state index < -0.39 is 0 Å². The Morgan fingerprint density at radius 1 is 0.309 bits per heavy atom. The van der Waals surface area contributed by atoms with Crippen LogP contribution >= 0.6 is 22.7 Å². The summed E-state index contributed by atoms with van der Waals surface area (Å²) in [7, 11) is 0. The highest BCUT2D eigenvalue weighted by Gasteiger charge is 2.18. The third-order valence-corrected chi connectivity index (χ3v) is 13.3. The summed E-state index contributed by atoms with van der Waals surface area (Å²) in [5.41, 5.74) is 10.8. The van der Waals surface area contributed by atoms with Crippen molar-refractivity contribution in [3.63, 3.8) is 0 Å². The molecule has 0 N–H and O–H groups in total. The van der Waals surface area contributed by atoms with Gasteiger partial charge in [0.05, 0.1) is 0 Å². The zero-order valence-electron chi connectivity index (χ0n) is 29.8. The highest BCUT2D eigenvalue weighted by molar-refractivity contribution is 7.26. The predicted octanol–water partition coefficient (Wildman–Crippen LogP) is 16.0. The highest BCUT2D eigenvalue weighted by atomic mass is 32.1. The van der Waals surface area contributed by atoms with Crippen LogP contribution in [0.15, 0.2) is 200 Å². The normalized spacial score (nSPS) is 11.6. The topological polar surface area (TPSA) is 3.24 Å². The lowest BCUT2D eigenvalue weighted by Crippen LogP contribution is -2.09. The van der Waals surface area contributed by atoms with Crippen LogP contribution in [0.25, 0.3) is 84.5 Å². The van der Waals surface area contributed by atoms with Crippen molar-refractivity contribution < 1.29 is 0 Å². The van der Waals surface area contributed by atoms with Crippen LogP contribution in [0, 0.1) is 0 Å². The van der Waals surface area contributed by atoms with Gasteiger partial charge in [0.1, 0.15) is 0 Å². The van der Waals surface area contributed by atoms with Crippen LogP contribution in [-0.4, -0.2) is 0 Å². The Labute approximate surface area is 327 Å². The molecular formula is C52H33NS2. The van der Waals surface area contributed by atoms with E-state index in [1.54, 1.807) is 0 Å². The van der Waals surface area contributed by atoms with Gasteiger partial charge >= 0.3 is 0 Å². The van der Waals surface area contributed by atoms with Gasteiger partial charge in [-0.25, -0.2) is 0 Å². The SMILES string of the molecule is c1ccc(-c2ccc(N(c3ccc(-c4cccc5c4sc4ccccc45)cc3)c3ccc(-c4c5ccccc5cc5c4sc4ccccc45)cc3)cc2)cc1. The fourth-order valence-electron chi connectivity index (χ4n) is 8.23. The first-order valence-corrected chi connectivity index (χ1v) is 20.3. The molecule has 0 aliphatic carbocycles. The first-order valence-electron chi connectivity index (χ1n) is 18.7. The Morgan fingerprint density at radius 3 is 1.47 bits per heavy atom. The van der Waals surface area contributed by atoms with Crippen molar-refractivity contribution in [1.82, 2.24) is 0 Å². The average Bonchev–Trinajstić information content (AvgIpc) is 3.82. The van der Waals surface area contributed by atoms with E-state index in [0.29, 0.717) is 0 Å². The summed E-state index contributed by atoms with van der Waals surface area (Å²) in [6, 6.07) is 73.2. The van der Waals surface area contributed by atoms with Crippen LogP contribution in [0.1, 0.15) is 0 Å². The summed E-state index contributed by atoms with van der Waals surface area (Å²) < 4.78 is 5.32. The first-order chi connectivity index (χ1) is 27.3. The zero-order valence-corrected chi connectivity index (χ0v) is 31.4. The lowest BCUT2D eigenvalue weighted by molar-refractivity contribution is 1.28. The van der Waals surface area contributed by atoms with E-state index in [0.717, 1.165) is 17.1 Å². The molecule has 55 heavy (non-hydrogen) atoms. The van der Waals surface area contributed by atoms with Gasteiger partial charge < -0.3 is 4.90 Å². The van der Waals surface area contributed by atoms with Gasteiger partial charge in [0.2, 0.25) is 0 Å². The molecule has 0 fully saturated rings. The Kier molecular flexibility index (Phi) is 7.61. The van der Waals surface area contributed by atoms with Gasteiger partial charge in [0, 0.05) is 63.0 Å². The second-order valence-corrected chi connectivity index (χ2v) is 16.2. The fraction of sp³-hybridized carbons (Fsp3) is 0. The molecule has 0 spiro atoms. The summed E-state index contributed by atoms with van der Waals surface area (Å²) in [5, 5.41) is 7.84. The highest BCUT2D eigenvalue weighted by Crippen LogP contribution is 2.46. The molecule has 0 saturated heterocycles. The van der Waals surface area contributed by atoms with E-state index in [4.69, 9.17) is 0 Å². The van der Waals surface area contributed by atoms with Crippen molar-refractivity contribution in [2.75, 3.05) is 4.90 Å². The van der Waals surface area contributed by atoms with Crippen LogP contribution in [0.3, 0.4) is 0 Å². The van der Waals surface area contributed by atoms with E-state index >= 15 is 0 Å². The smallest absolute Gasteiger partial charge is 0.0462 e. The molecule has 0 bridgehead atoms. The van der Waals surface area contributed by atoms with Crippen LogP contribution < -0.4 is 4.90 Å². The average molecular weight is 736 g/mol.